The van der Waals surface area contributed by atoms with Gasteiger partial charge in [-0.05, 0) is 12.1 Å². The van der Waals surface area contributed by atoms with E-state index >= 15 is 0 Å². The molecule has 0 fully saturated rings. The fourth-order valence-electron chi connectivity index (χ4n) is 1.36. The Hall–Kier alpha value is -1.29. The highest BCUT2D eigenvalue weighted by Crippen LogP contribution is 2.27. The van der Waals surface area contributed by atoms with Crippen LogP contribution in [0.4, 0.5) is 0 Å². The number of benzene rings is 1. The smallest absolute Gasteiger partial charge is 0.119 e. The molecular formula is C10H9BrN2O. The first-order valence-electron chi connectivity index (χ1n) is 4.08. The van der Waals surface area contributed by atoms with E-state index in [1.165, 1.54) is 0 Å². The van der Waals surface area contributed by atoms with Crippen molar-refractivity contribution < 1.29 is 4.74 Å². The van der Waals surface area contributed by atoms with Crippen LogP contribution in [0.1, 0.15) is 5.56 Å². The molecule has 3 nitrogen and oxygen atoms in total. The molecule has 0 bridgehead atoms. The summed E-state index contributed by atoms with van der Waals surface area (Å²) in [6, 6.07) is 3.93. The highest BCUT2D eigenvalue weighted by Gasteiger charge is 2.07. The highest BCUT2D eigenvalue weighted by atomic mass is 79.9. The zero-order valence-corrected chi connectivity index (χ0v) is 9.26. The monoisotopic (exact) mass is 252 g/mol. The Bertz CT molecular complexity index is 490. The minimum atomic E-state index is 0.637. The molecule has 0 saturated carbocycles. The van der Waals surface area contributed by atoms with Gasteiger partial charge in [0.05, 0.1) is 18.8 Å². The Kier molecular flexibility index (Phi) is 2.29. The summed E-state index contributed by atoms with van der Waals surface area (Å²) in [5.41, 5.74) is 1.92. The summed E-state index contributed by atoms with van der Waals surface area (Å²) >= 11 is 3.42. The van der Waals surface area contributed by atoms with Crippen LogP contribution in [-0.4, -0.2) is 17.3 Å². The Balaban J connectivity index is 2.72. The molecule has 72 valence electrons. The van der Waals surface area contributed by atoms with Crippen LogP contribution in [0.5, 0.6) is 0 Å². The van der Waals surface area contributed by atoms with Gasteiger partial charge < -0.3 is 4.74 Å². The molecule has 14 heavy (non-hydrogen) atoms. The molecule has 0 aliphatic carbocycles. The number of aromatic nitrogens is 2. The summed E-state index contributed by atoms with van der Waals surface area (Å²) < 4.78 is 6.09. The van der Waals surface area contributed by atoms with Gasteiger partial charge in [0, 0.05) is 15.4 Å². The fourth-order valence-corrected chi connectivity index (χ4v) is 1.81. The molecule has 2 aromatic rings. The third-order valence-electron chi connectivity index (χ3n) is 2.07. The molecule has 1 aromatic heterocycles. The molecule has 4 heteroatoms. The second-order valence-electron chi connectivity index (χ2n) is 2.91. The Morgan fingerprint density at radius 3 is 3.07 bits per heavy atom. The van der Waals surface area contributed by atoms with Gasteiger partial charge in [-0.1, -0.05) is 22.5 Å². The van der Waals surface area contributed by atoms with Crippen molar-refractivity contribution in [1.29, 1.82) is 0 Å². The van der Waals surface area contributed by atoms with Gasteiger partial charge in [0.25, 0.3) is 0 Å². The number of ether oxygens (including phenoxy) is 1. The molecule has 1 N–H and O–H groups in total. The molecule has 0 aliphatic rings. The number of nitrogens with one attached hydrogen (secondary N) is 1. The van der Waals surface area contributed by atoms with Gasteiger partial charge >= 0.3 is 0 Å². The molecule has 0 atom stereocenters. The van der Waals surface area contributed by atoms with Crippen molar-refractivity contribution >= 4 is 32.6 Å². The van der Waals surface area contributed by atoms with Gasteiger partial charge in [-0.15, -0.1) is 0 Å². The molecule has 2 rings (SSSR count). The van der Waals surface area contributed by atoms with E-state index in [1.807, 2.05) is 12.1 Å². The number of halogens is 1. The number of hydrogen-bond acceptors (Lipinski definition) is 2. The molecule has 1 heterocycles. The van der Waals surface area contributed by atoms with Crippen LogP contribution in [0.15, 0.2) is 29.4 Å². The summed E-state index contributed by atoms with van der Waals surface area (Å²) in [5, 5.41) is 7.89. The second-order valence-corrected chi connectivity index (χ2v) is 3.83. The minimum Gasteiger partial charge on any atom is -0.497 e. The minimum absolute atomic E-state index is 0.637. The van der Waals surface area contributed by atoms with Crippen LogP contribution in [0.2, 0.25) is 0 Å². The largest absolute Gasteiger partial charge is 0.497 e. The zero-order chi connectivity index (χ0) is 10.1. The van der Waals surface area contributed by atoms with E-state index in [4.69, 9.17) is 4.74 Å². The lowest BCUT2D eigenvalue weighted by Crippen LogP contribution is -1.86. The number of hydrogen-bond donors (Lipinski definition) is 1. The lowest BCUT2D eigenvalue weighted by atomic mass is 10.1. The van der Waals surface area contributed by atoms with Crippen LogP contribution < -0.4 is 0 Å². The normalized spacial score (nSPS) is 10.4. The van der Waals surface area contributed by atoms with Crippen LogP contribution in [-0.2, 0) is 4.74 Å². The van der Waals surface area contributed by atoms with Crippen molar-refractivity contribution in [2.75, 3.05) is 7.11 Å². The molecule has 1 aromatic carbocycles. The quantitative estimate of drug-likeness (QED) is 0.835. The van der Waals surface area contributed by atoms with Crippen molar-refractivity contribution in [2.45, 2.75) is 0 Å². The summed E-state index contributed by atoms with van der Waals surface area (Å²) in [5.74, 6) is 0.637. The molecule has 0 aliphatic heterocycles. The maximum Gasteiger partial charge on any atom is 0.119 e. The predicted molar refractivity (Wildman–Crippen MR) is 59.8 cm³/mol. The van der Waals surface area contributed by atoms with Gasteiger partial charge in [-0.3, -0.25) is 5.10 Å². The number of aromatic amines is 1. The fraction of sp³-hybridized carbons (Fsp3) is 0.100. The predicted octanol–water partition coefficient (Wildman–Crippen LogP) is 2.94. The van der Waals surface area contributed by atoms with Crippen LogP contribution in [0.3, 0.4) is 0 Å². The summed E-state index contributed by atoms with van der Waals surface area (Å²) in [7, 11) is 1.61. The topological polar surface area (TPSA) is 37.9 Å². The lowest BCUT2D eigenvalue weighted by molar-refractivity contribution is 0.372. The van der Waals surface area contributed by atoms with Gasteiger partial charge in [-0.2, -0.15) is 5.10 Å². The molecule has 0 spiro atoms. The first-order chi connectivity index (χ1) is 6.72. The second kappa shape index (κ2) is 3.46. The van der Waals surface area contributed by atoms with Crippen molar-refractivity contribution in [3.8, 4) is 0 Å². The first kappa shape index (κ1) is 9.27. The molecule has 0 amide bonds. The van der Waals surface area contributed by atoms with Crippen molar-refractivity contribution in [3.05, 3.63) is 34.9 Å². The van der Waals surface area contributed by atoms with Gasteiger partial charge in [-0.25, -0.2) is 0 Å². The zero-order valence-electron chi connectivity index (χ0n) is 7.67. The maximum absolute atomic E-state index is 5.11. The van der Waals surface area contributed by atoms with Gasteiger partial charge in [0.1, 0.15) is 5.76 Å². The van der Waals surface area contributed by atoms with E-state index in [2.05, 4.69) is 32.7 Å². The number of methoxy groups -OCH3 is 1. The molecule has 0 saturated heterocycles. The van der Waals surface area contributed by atoms with Crippen molar-refractivity contribution in [1.82, 2.24) is 10.2 Å². The number of H-pyrrole nitrogens is 1. The van der Waals surface area contributed by atoms with E-state index in [-0.39, 0.29) is 0 Å². The maximum atomic E-state index is 5.11. The summed E-state index contributed by atoms with van der Waals surface area (Å²) in [6.45, 7) is 3.83. The van der Waals surface area contributed by atoms with Gasteiger partial charge in [0.15, 0.2) is 0 Å². The summed E-state index contributed by atoms with van der Waals surface area (Å²) in [4.78, 5) is 0. The average Bonchev–Trinajstić information content (AvgIpc) is 2.62. The van der Waals surface area contributed by atoms with Crippen LogP contribution in [0, 0.1) is 0 Å². The van der Waals surface area contributed by atoms with Crippen molar-refractivity contribution in [2.24, 2.45) is 0 Å². The standard InChI is InChI=1S/C10H9BrN2O/c1-6(14-2)8-3-7(11)4-10-9(8)5-12-13-10/h3-5H,1H2,2H3,(H,12,13). The third-order valence-corrected chi connectivity index (χ3v) is 2.53. The number of fused-ring (bicyclic) bond motifs is 1. The Morgan fingerprint density at radius 2 is 2.36 bits per heavy atom. The molecular weight excluding hydrogens is 244 g/mol. The van der Waals surface area contributed by atoms with Crippen LogP contribution in [0.25, 0.3) is 16.7 Å². The van der Waals surface area contributed by atoms with E-state index in [0.29, 0.717) is 5.76 Å². The van der Waals surface area contributed by atoms with E-state index < -0.39 is 0 Å². The van der Waals surface area contributed by atoms with Gasteiger partial charge in [0.2, 0.25) is 0 Å². The van der Waals surface area contributed by atoms with Crippen molar-refractivity contribution in [3.63, 3.8) is 0 Å². The lowest BCUT2D eigenvalue weighted by Gasteiger charge is -2.05. The summed E-state index contributed by atoms with van der Waals surface area (Å²) in [6.07, 6.45) is 1.77. The van der Waals surface area contributed by atoms with E-state index in [9.17, 15) is 0 Å². The third kappa shape index (κ3) is 1.42. The van der Waals surface area contributed by atoms with Crippen LogP contribution >= 0.6 is 15.9 Å². The first-order valence-corrected chi connectivity index (χ1v) is 4.87. The molecule has 0 radical (unpaired) electrons. The number of rotatable bonds is 2. The SMILES string of the molecule is C=C(OC)c1cc(Br)cc2[nH]ncc12. The Labute approximate surface area is 89.9 Å². The molecule has 0 unspecified atom stereocenters. The Morgan fingerprint density at radius 1 is 1.57 bits per heavy atom. The van der Waals surface area contributed by atoms with E-state index in [0.717, 1.165) is 20.9 Å². The number of nitrogens with zero attached hydrogens (tertiary/aromatic N) is 1. The van der Waals surface area contributed by atoms with E-state index in [1.54, 1.807) is 13.3 Å². The highest BCUT2D eigenvalue weighted by molar-refractivity contribution is 9.10. The average molecular weight is 253 g/mol.